The lowest BCUT2D eigenvalue weighted by atomic mass is 9.98. The topological polar surface area (TPSA) is 52.0 Å². The van der Waals surface area contributed by atoms with Crippen molar-refractivity contribution in [2.75, 3.05) is 11.5 Å². The molecule has 0 atom stereocenters. The number of anilines is 2. The van der Waals surface area contributed by atoms with Gasteiger partial charge in [-0.05, 0) is 47.5 Å². The minimum Gasteiger partial charge on any atom is -0.399 e. The van der Waals surface area contributed by atoms with E-state index in [1.807, 2.05) is 0 Å². The molecule has 0 spiro atoms. The predicted octanol–water partition coefficient (Wildman–Crippen LogP) is 4.46. The SMILES string of the molecule is Nc1ccc(-c2cc(F)c(-c3ccc(N)cc3)cc2F)cc1. The van der Waals surface area contributed by atoms with E-state index in [9.17, 15) is 8.78 Å². The van der Waals surface area contributed by atoms with Crippen LogP contribution in [0.15, 0.2) is 60.7 Å². The van der Waals surface area contributed by atoms with E-state index < -0.39 is 11.6 Å². The number of benzene rings is 3. The Morgan fingerprint density at radius 1 is 0.545 bits per heavy atom. The lowest BCUT2D eigenvalue weighted by Crippen LogP contribution is -1.93. The fourth-order valence-corrected chi connectivity index (χ4v) is 2.31. The van der Waals surface area contributed by atoms with Crippen molar-refractivity contribution in [2.45, 2.75) is 0 Å². The second-order valence-corrected chi connectivity index (χ2v) is 5.06. The van der Waals surface area contributed by atoms with Crippen LogP contribution in [0.1, 0.15) is 0 Å². The Morgan fingerprint density at radius 3 is 1.18 bits per heavy atom. The Balaban J connectivity index is 2.08. The molecule has 0 aliphatic rings. The van der Waals surface area contributed by atoms with Crippen molar-refractivity contribution in [1.82, 2.24) is 0 Å². The molecule has 0 aromatic heterocycles. The van der Waals surface area contributed by atoms with Crippen LogP contribution < -0.4 is 11.5 Å². The minimum absolute atomic E-state index is 0.205. The highest BCUT2D eigenvalue weighted by Crippen LogP contribution is 2.31. The van der Waals surface area contributed by atoms with Crippen molar-refractivity contribution in [1.29, 1.82) is 0 Å². The number of nitrogen functional groups attached to an aromatic ring is 2. The smallest absolute Gasteiger partial charge is 0.131 e. The lowest BCUT2D eigenvalue weighted by Gasteiger charge is -2.09. The molecular weight excluding hydrogens is 282 g/mol. The van der Waals surface area contributed by atoms with Crippen molar-refractivity contribution in [3.05, 3.63) is 72.3 Å². The minimum atomic E-state index is -0.488. The molecule has 0 bridgehead atoms. The third kappa shape index (κ3) is 2.63. The molecule has 0 unspecified atom stereocenters. The maximum Gasteiger partial charge on any atom is 0.131 e. The summed E-state index contributed by atoms with van der Waals surface area (Å²) in [5, 5.41) is 0. The van der Waals surface area contributed by atoms with Crippen LogP contribution in [0, 0.1) is 11.6 Å². The van der Waals surface area contributed by atoms with Crippen molar-refractivity contribution in [3.63, 3.8) is 0 Å². The summed E-state index contributed by atoms with van der Waals surface area (Å²) in [7, 11) is 0. The van der Waals surface area contributed by atoms with Crippen LogP contribution in [0.25, 0.3) is 22.3 Å². The maximum atomic E-state index is 14.4. The molecule has 0 saturated heterocycles. The molecule has 3 rings (SSSR count). The van der Waals surface area contributed by atoms with Gasteiger partial charge < -0.3 is 11.5 Å². The molecule has 4 heteroatoms. The Kier molecular flexibility index (Phi) is 3.51. The summed E-state index contributed by atoms with van der Waals surface area (Å²) in [6, 6.07) is 15.7. The van der Waals surface area contributed by atoms with Gasteiger partial charge in [0.1, 0.15) is 11.6 Å². The molecule has 0 aliphatic carbocycles. The maximum absolute atomic E-state index is 14.4. The molecule has 0 aliphatic heterocycles. The van der Waals surface area contributed by atoms with Gasteiger partial charge in [-0.2, -0.15) is 0 Å². The molecule has 0 heterocycles. The molecule has 3 aromatic carbocycles. The molecule has 0 fully saturated rings. The van der Waals surface area contributed by atoms with Crippen LogP contribution in [0.2, 0.25) is 0 Å². The summed E-state index contributed by atoms with van der Waals surface area (Å²) >= 11 is 0. The summed E-state index contributed by atoms with van der Waals surface area (Å²) in [5.74, 6) is -0.976. The highest BCUT2D eigenvalue weighted by atomic mass is 19.1. The molecular formula is C18H14F2N2. The quantitative estimate of drug-likeness (QED) is 0.686. The van der Waals surface area contributed by atoms with Crippen molar-refractivity contribution < 1.29 is 8.78 Å². The Bertz CT molecular complexity index is 738. The normalized spacial score (nSPS) is 10.6. The number of hydrogen-bond acceptors (Lipinski definition) is 2. The highest BCUT2D eigenvalue weighted by Gasteiger charge is 2.13. The van der Waals surface area contributed by atoms with E-state index in [2.05, 4.69) is 0 Å². The first kappa shape index (κ1) is 14.1. The van der Waals surface area contributed by atoms with Crippen molar-refractivity contribution in [3.8, 4) is 22.3 Å². The fourth-order valence-electron chi connectivity index (χ4n) is 2.31. The third-order valence-corrected chi connectivity index (χ3v) is 3.50. The van der Waals surface area contributed by atoms with Gasteiger partial charge in [-0.3, -0.25) is 0 Å². The average Bonchev–Trinajstić information content (AvgIpc) is 2.51. The summed E-state index contributed by atoms with van der Waals surface area (Å²) in [6.07, 6.45) is 0. The van der Waals surface area contributed by atoms with Gasteiger partial charge in [0.05, 0.1) is 0 Å². The number of nitrogens with two attached hydrogens (primary N) is 2. The van der Waals surface area contributed by atoms with Gasteiger partial charge in [-0.1, -0.05) is 24.3 Å². The zero-order chi connectivity index (χ0) is 15.7. The van der Waals surface area contributed by atoms with Gasteiger partial charge in [-0.15, -0.1) is 0 Å². The highest BCUT2D eigenvalue weighted by molar-refractivity contribution is 5.73. The van der Waals surface area contributed by atoms with E-state index >= 15 is 0 Å². The summed E-state index contributed by atoms with van der Waals surface area (Å²) in [4.78, 5) is 0. The third-order valence-electron chi connectivity index (χ3n) is 3.50. The second kappa shape index (κ2) is 5.48. The molecule has 3 aromatic rings. The van der Waals surface area contributed by atoms with E-state index in [0.29, 0.717) is 22.5 Å². The van der Waals surface area contributed by atoms with Gasteiger partial charge in [-0.25, -0.2) is 8.78 Å². The van der Waals surface area contributed by atoms with E-state index in [1.54, 1.807) is 48.5 Å². The molecule has 2 nitrogen and oxygen atoms in total. The van der Waals surface area contributed by atoms with Crippen LogP contribution in [-0.2, 0) is 0 Å². The number of hydrogen-bond donors (Lipinski definition) is 2. The van der Waals surface area contributed by atoms with Gasteiger partial charge >= 0.3 is 0 Å². The van der Waals surface area contributed by atoms with E-state index in [-0.39, 0.29) is 11.1 Å². The largest absolute Gasteiger partial charge is 0.399 e. The standard InChI is InChI=1S/C18H14F2N2/c19-17-10-16(12-3-7-14(22)8-4-12)18(20)9-15(17)11-1-5-13(21)6-2-11/h1-10H,21-22H2. The summed E-state index contributed by atoms with van der Waals surface area (Å²) < 4.78 is 28.7. The van der Waals surface area contributed by atoms with Gasteiger partial charge in [0.2, 0.25) is 0 Å². The number of halogens is 2. The Hall–Kier alpha value is -2.88. The van der Waals surface area contributed by atoms with Gasteiger partial charge in [0, 0.05) is 22.5 Å². The zero-order valence-electron chi connectivity index (χ0n) is 11.7. The average molecular weight is 296 g/mol. The summed E-state index contributed by atoms with van der Waals surface area (Å²) in [5.41, 5.74) is 13.9. The lowest BCUT2D eigenvalue weighted by molar-refractivity contribution is 0.606. The van der Waals surface area contributed by atoms with Crippen LogP contribution in [0.3, 0.4) is 0 Å². The first-order valence-electron chi connectivity index (χ1n) is 6.75. The van der Waals surface area contributed by atoms with Crippen LogP contribution in [0.5, 0.6) is 0 Å². The molecule has 4 N–H and O–H groups in total. The Morgan fingerprint density at radius 2 is 0.864 bits per heavy atom. The second-order valence-electron chi connectivity index (χ2n) is 5.06. The molecule has 110 valence electrons. The Labute approximate surface area is 127 Å². The van der Waals surface area contributed by atoms with Gasteiger partial charge in [0.15, 0.2) is 0 Å². The molecule has 0 amide bonds. The molecule has 0 saturated carbocycles. The fraction of sp³-hybridized carbons (Fsp3) is 0. The first-order valence-corrected chi connectivity index (χ1v) is 6.75. The van der Waals surface area contributed by atoms with Crippen molar-refractivity contribution in [2.24, 2.45) is 0 Å². The monoisotopic (exact) mass is 296 g/mol. The zero-order valence-corrected chi connectivity index (χ0v) is 11.7. The molecule has 22 heavy (non-hydrogen) atoms. The first-order chi connectivity index (χ1) is 10.5. The van der Waals surface area contributed by atoms with Crippen LogP contribution >= 0.6 is 0 Å². The van der Waals surface area contributed by atoms with Crippen LogP contribution in [0.4, 0.5) is 20.2 Å². The van der Waals surface area contributed by atoms with Crippen molar-refractivity contribution >= 4 is 11.4 Å². The molecule has 0 radical (unpaired) electrons. The van der Waals surface area contributed by atoms with E-state index in [4.69, 9.17) is 11.5 Å². The number of rotatable bonds is 2. The van der Waals surface area contributed by atoms with Crippen LogP contribution in [-0.4, -0.2) is 0 Å². The summed E-state index contributed by atoms with van der Waals surface area (Å²) in [6.45, 7) is 0. The van der Waals surface area contributed by atoms with E-state index in [1.165, 1.54) is 12.1 Å². The predicted molar refractivity (Wildman–Crippen MR) is 86.1 cm³/mol. The van der Waals surface area contributed by atoms with Gasteiger partial charge in [0.25, 0.3) is 0 Å². The van der Waals surface area contributed by atoms with E-state index in [0.717, 1.165) is 0 Å².